The number of benzene rings is 1. The first-order chi connectivity index (χ1) is 16.9. The number of carbonyl (C=O) groups is 1. The van der Waals surface area contributed by atoms with Gasteiger partial charge < -0.3 is 34.7 Å². The van der Waals surface area contributed by atoms with E-state index in [1.165, 1.54) is 14.2 Å². The minimum absolute atomic E-state index is 0.00450. The van der Waals surface area contributed by atoms with Crippen molar-refractivity contribution in [2.24, 2.45) is 0 Å². The van der Waals surface area contributed by atoms with Crippen LogP contribution in [0.2, 0.25) is 0 Å². The Kier molecular flexibility index (Phi) is 8.39. The number of fused-ring (bicyclic) bond motifs is 1. The van der Waals surface area contributed by atoms with Crippen LogP contribution in [0.3, 0.4) is 0 Å². The first-order valence-corrected chi connectivity index (χ1v) is 12.8. The number of alkyl carbamates (subject to hydrolysis) is 1. The summed E-state index contributed by atoms with van der Waals surface area (Å²) in [7, 11) is -1.05. The number of nitrogen functional groups attached to an aromatic ring is 1. The summed E-state index contributed by atoms with van der Waals surface area (Å²) >= 11 is 0. The SMILES string of the molecule is COc1nc2c(N)nc(OCCNC(=O)OC(C)(C)C)nc2n1Cc1cccc(CP(=O)(O)OC)c1. The van der Waals surface area contributed by atoms with Crippen molar-refractivity contribution in [3.8, 4) is 12.0 Å². The Morgan fingerprint density at radius 1 is 1.19 bits per heavy atom. The van der Waals surface area contributed by atoms with Crippen LogP contribution in [0, 0.1) is 0 Å². The highest BCUT2D eigenvalue weighted by molar-refractivity contribution is 7.51. The molecule has 3 aromatic rings. The molecular weight excluding hydrogens is 491 g/mol. The molecule has 0 bridgehead atoms. The number of nitrogens with two attached hydrogens (primary N) is 1. The Labute approximate surface area is 208 Å². The molecule has 0 fully saturated rings. The Hall–Kier alpha value is -3.41. The first-order valence-electron chi connectivity index (χ1n) is 11.0. The number of hydrogen-bond donors (Lipinski definition) is 3. The molecule has 0 spiro atoms. The smallest absolute Gasteiger partial charge is 0.407 e. The molecule has 0 saturated carbocycles. The highest BCUT2D eigenvalue weighted by Gasteiger charge is 2.21. The summed E-state index contributed by atoms with van der Waals surface area (Å²) in [5, 5.41) is 2.59. The van der Waals surface area contributed by atoms with Crippen LogP contribution < -0.4 is 20.5 Å². The molecule has 4 N–H and O–H groups in total. The van der Waals surface area contributed by atoms with Gasteiger partial charge in [-0.05, 0) is 31.9 Å². The highest BCUT2D eigenvalue weighted by atomic mass is 31.2. The maximum Gasteiger partial charge on any atom is 0.407 e. The van der Waals surface area contributed by atoms with E-state index in [0.29, 0.717) is 16.7 Å². The molecule has 14 heteroatoms. The van der Waals surface area contributed by atoms with Crippen LogP contribution >= 0.6 is 7.60 Å². The summed E-state index contributed by atoms with van der Waals surface area (Å²) in [6.07, 6.45) is -0.682. The van der Waals surface area contributed by atoms with E-state index in [2.05, 4.69) is 24.8 Å². The average Bonchev–Trinajstić information content (AvgIpc) is 3.13. The largest absolute Gasteiger partial charge is 0.468 e. The molecule has 0 saturated heterocycles. The summed E-state index contributed by atoms with van der Waals surface area (Å²) < 4.78 is 34.5. The van der Waals surface area contributed by atoms with Gasteiger partial charge in [0.25, 0.3) is 6.01 Å². The summed E-state index contributed by atoms with van der Waals surface area (Å²) in [4.78, 5) is 34.5. The number of nitrogens with zero attached hydrogens (tertiary/aromatic N) is 4. The second kappa shape index (κ2) is 11.1. The fraction of sp³-hybridized carbons (Fsp3) is 0.455. The van der Waals surface area contributed by atoms with E-state index >= 15 is 0 Å². The Morgan fingerprint density at radius 3 is 2.58 bits per heavy atom. The van der Waals surface area contributed by atoms with E-state index in [9.17, 15) is 14.3 Å². The molecule has 0 radical (unpaired) electrons. The van der Waals surface area contributed by atoms with Gasteiger partial charge in [-0.15, -0.1) is 0 Å². The Bertz CT molecular complexity index is 1270. The molecule has 3 rings (SSSR count). The molecule has 196 valence electrons. The third-order valence-corrected chi connectivity index (χ3v) is 6.09. The fourth-order valence-corrected chi connectivity index (χ4v) is 4.05. The second-order valence-corrected chi connectivity index (χ2v) is 10.8. The maximum atomic E-state index is 12.0. The lowest BCUT2D eigenvalue weighted by Gasteiger charge is -2.19. The number of anilines is 1. The van der Waals surface area contributed by atoms with Crippen LogP contribution in [0.5, 0.6) is 12.0 Å². The summed E-state index contributed by atoms with van der Waals surface area (Å²) in [5.41, 5.74) is 7.65. The third-order valence-electron chi connectivity index (χ3n) is 4.75. The van der Waals surface area contributed by atoms with Crippen molar-refractivity contribution in [2.45, 2.75) is 39.1 Å². The van der Waals surface area contributed by atoms with Gasteiger partial charge in [-0.25, -0.2) is 4.79 Å². The maximum absolute atomic E-state index is 12.0. The molecule has 0 aliphatic carbocycles. The second-order valence-electron chi connectivity index (χ2n) is 8.82. The van der Waals surface area contributed by atoms with E-state index in [-0.39, 0.29) is 43.7 Å². The minimum Gasteiger partial charge on any atom is -0.468 e. The molecule has 1 amide bonds. The molecule has 2 aromatic heterocycles. The van der Waals surface area contributed by atoms with Crippen molar-refractivity contribution >= 4 is 30.7 Å². The number of amides is 1. The zero-order chi connectivity index (χ0) is 26.5. The summed E-state index contributed by atoms with van der Waals surface area (Å²) in [6.45, 7) is 5.85. The Balaban J connectivity index is 1.79. The van der Waals surface area contributed by atoms with Crippen LogP contribution in [0.1, 0.15) is 31.9 Å². The van der Waals surface area contributed by atoms with Crippen LogP contribution in [-0.2, 0) is 26.5 Å². The van der Waals surface area contributed by atoms with Crippen LogP contribution in [0.4, 0.5) is 10.6 Å². The van der Waals surface area contributed by atoms with E-state index in [1.54, 1.807) is 43.5 Å². The number of rotatable bonds is 10. The van der Waals surface area contributed by atoms with Crippen LogP contribution in [0.25, 0.3) is 11.2 Å². The summed E-state index contributed by atoms with van der Waals surface area (Å²) in [6, 6.07) is 7.42. The van der Waals surface area contributed by atoms with Crippen molar-refractivity contribution < 1.29 is 33.0 Å². The molecule has 36 heavy (non-hydrogen) atoms. The van der Waals surface area contributed by atoms with Gasteiger partial charge in [0.2, 0.25) is 0 Å². The van der Waals surface area contributed by atoms with Gasteiger partial charge in [0, 0.05) is 7.11 Å². The standard InChI is InChI=1S/C22H31N6O7P/c1-22(2,3)35-21(29)24-9-10-34-19-26-17(23)16-18(27-19)28(20(25-16)32-4)12-14-7-6-8-15(11-14)13-36(30,31)33-5/h6-8,11H,9-10,12-13H2,1-5H3,(H,24,29)(H,30,31)(H2,23,26,27). The normalized spacial score (nSPS) is 13.3. The number of aromatic nitrogens is 4. The van der Waals surface area contributed by atoms with Crippen molar-refractivity contribution in [1.82, 2.24) is 24.8 Å². The number of nitrogens with one attached hydrogen (secondary N) is 1. The number of ether oxygens (including phenoxy) is 3. The van der Waals surface area contributed by atoms with Gasteiger partial charge in [0.15, 0.2) is 17.0 Å². The predicted octanol–water partition coefficient (Wildman–Crippen LogP) is 2.70. The summed E-state index contributed by atoms with van der Waals surface area (Å²) in [5.74, 6) is 0.0993. The van der Waals surface area contributed by atoms with Gasteiger partial charge >= 0.3 is 19.7 Å². The van der Waals surface area contributed by atoms with E-state index in [4.69, 9.17) is 19.9 Å². The van der Waals surface area contributed by atoms with Gasteiger partial charge in [-0.3, -0.25) is 9.13 Å². The lowest BCUT2D eigenvalue weighted by atomic mass is 10.1. The van der Waals surface area contributed by atoms with Gasteiger partial charge in [0.1, 0.15) is 12.2 Å². The van der Waals surface area contributed by atoms with Crippen molar-refractivity contribution in [2.75, 3.05) is 33.1 Å². The monoisotopic (exact) mass is 522 g/mol. The number of hydrogen-bond acceptors (Lipinski definition) is 10. The molecule has 0 aliphatic rings. The highest BCUT2D eigenvalue weighted by Crippen LogP contribution is 2.44. The first kappa shape index (κ1) is 27.2. The molecule has 1 atom stereocenters. The van der Waals surface area contributed by atoms with Crippen molar-refractivity contribution in [3.05, 3.63) is 35.4 Å². The minimum atomic E-state index is -3.72. The number of methoxy groups -OCH3 is 1. The lowest BCUT2D eigenvalue weighted by molar-refractivity contribution is 0.0519. The lowest BCUT2D eigenvalue weighted by Crippen LogP contribution is -2.34. The molecule has 1 unspecified atom stereocenters. The quantitative estimate of drug-likeness (QED) is 0.264. The fourth-order valence-electron chi connectivity index (χ4n) is 3.26. The zero-order valence-electron chi connectivity index (χ0n) is 20.8. The molecule has 1 aromatic carbocycles. The number of imidazole rings is 1. The van der Waals surface area contributed by atoms with E-state index in [0.717, 1.165) is 5.56 Å². The molecule has 0 aliphatic heterocycles. The Morgan fingerprint density at radius 2 is 1.92 bits per heavy atom. The van der Waals surface area contributed by atoms with Crippen LogP contribution in [0.15, 0.2) is 24.3 Å². The topological polar surface area (TPSA) is 173 Å². The van der Waals surface area contributed by atoms with Crippen molar-refractivity contribution in [1.29, 1.82) is 0 Å². The molecular formula is C22H31N6O7P. The van der Waals surface area contributed by atoms with Gasteiger partial charge in [-0.1, -0.05) is 24.3 Å². The average molecular weight is 522 g/mol. The molecule has 2 heterocycles. The molecule has 13 nitrogen and oxygen atoms in total. The van der Waals surface area contributed by atoms with Gasteiger partial charge in [0.05, 0.1) is 26.4 Å². The van der Waals surface area contributed by atoms with Crippen molar-refractivity contribution in [3.63, 3.8) is 0 Å². The number of carbonyl (C=O) groups excluding carboxylic acids is 1. The van der Waals surface area contributed by atoms with E-state index < -0.39 is 19.3 Å². The zero-order valence-corrected chi connectivity index (χ0v) is 21.7. The predicted molar refractivity (Wildman–Crippen MR) is 132 cm³/mol. The van der Waals surface area contributed by atoms with Crippen LogP contribution in [-0.4, -0.2) is 63.5 Å². The van der Waals surface area contributed by atoms with E-state index in [1.807, 2.05) is 6.07 Å². The third kappa shape index (κ3) is 7.30. The van der Waals surface area contributed by atoms with Gasteiger partial charge in [-0.2, -0.15) is 15.0 Å².